The molecule has 2 aromatic carbocycles. The molecule has 0 unspecified atom stereocenters. The molecule has 0 amide bonds. The van der Waals surface area contributed by atoms with E-state index in [1.807, 2.05) is 0 Å². The van der Waals surface area contributed by atoms with Gasteiger partial charge in [-0.3, -0.25) is 0 Å². The SMILES string of the molecule is C[Si](C)(C)N[Si](N[Si](C)(C)C)(c1ccccc1)c1ccccc1. The molecule has 0 heterocycles. The van der Waals surface area contributed by atoms with Gasteiger partial charge in [-0.25, -0.2) is 0 Å². The summed E-state index contributed by atoms with van der Waals surface area (Å²) in [5, 5.41) is 2.85. The highest BCUT2D eigenvalue weighted by Gasteiger charge is 2.43. The van der Waals surface area contributed by atoms with E-state index in [0.717, 1.165) is 0 Å². The molecule has 0 fully saturated rings. The largest absolute Gasteiger partial charge is 0.341 e. The maximum absolute atomic E-state index is 4.16. The molecule has 2 rings (SSSR count). The van der Waals surface area contributed by atoms with Crippen LogP contribution in [0, 0.1) is 0 Å². The fourth-order valence-electron chi connectivity index (χ4n) is 2.99. The second-order valence-corrected chi connectivity index (χ2v) is 21.9. The zero-order valence-corrected chi connectivity index (χ0v) is 18.3. The summed E-state index contributed by atoms with van der Waals surface area (Å²) >= 11 is 0. The number of benzene rings is 2. The zero-order valence-electron chi connectivity index (χ0n) is 15.3. The van der Waals surface area contributed by atoms with E-state index in [1.165, 1.54) is 10.4 Å². The molecule has 0 aliphatic heterocycles. The van der Waals surface area contributed by atoms with Crippen LogP contribution in [0.15, 0.2) is 60.7 Å². The van der Waals surface area contributed by atoms with Crippen LogP contribution in [-0.2, 0) is 0 Å². The average Bonchev–Trinajstić information content (AvgIpc) is 2.45. The predicted molar refractivity (Wildman–Crippen MR) is 111 cm³/mol. The van der Waals surface area contributed by atoms with Crippen LogP contribution in [0.4, 0.5) is 0 Å². The Balaban J connectivity index is 2.68. The lowest BCUT2D eigenvalue weighted by molar-refractivity contribution is 1.22. The van der Waals surface area contributed by atoms with E-state index < -0.39 is 24.9 Å². The van der Waals surface area contributed by atoms with Crippen molar-refractivity contribution in [1.82, 2.24) is 9.30 Å². The molecule has 2 nitrogen and oxygen atoms in total. The first-order valence-electron chi connectivity index (χ1n) is 8.32. The number of nitrogens with one attached hydrogen (secondary N) is 2. The summed E-state index contributed by atoms with van der Waals surface area (Å²) in [7, 11) is -5.17. The molecule has 0 radical (unpaired) electrons. The van der Waals surface area contributed by atoms with Crippen molar-refractivity contribution in [3.8, 4) is 0 Å². The van der Waals surface area contributed by atoms with Crippen LogP contribution in [0.5, 0.6) is 0 Å². The van der Waals surface area contributed by atoms with Crippen molar-refractivity contribution in [3.63, 3.8) is 0 Å². The Morgan fingerprint density at radius 3 is 1.09 bits per heavy atom. The van der Waals surface area contributed by atoms with Crippen LogP contribution in [0.2, 0.25) is 39.3 Å². The third-order valence-corrected chi connectivity index (χ3v) is 14.9. The van der Waals surface area contributed by atoms with Gasteiger partial charge in [0.05, 0.1) is 0 Å². The molecule has 0 spiro atoms. The monoisotopic (exact) mass is 358 g/mol. The average molecular weight is 359 g/mol. The van der Waals surface area contributed by atoms with E-state index in [0.29, 0.717) is 0 Å². The van der Waals surface area contributed by atoms with Gasteiger partial charge in [-0.2, -0.15) is 0 Å². The van der Waals surface area contributed by atoms with Crippen molar-refractivity contribution < 1.29 is 0 Å². The maximum atomic E-state index is 4.16. The molecule has 5 heteroatoms. The van der Waals surface area contributed by atoms with Gasteiger partial charge in [0.1, 0.15) is 16.5 Å². The third kappa shape index (κ3) is 4.99. The molecule has 0 saturated carbocycles. The van der Waals surface area contributed by atoms with Crippen molar-refractivity contribution in [2.75, 3.05) is 0 Å². The van der Waals surface area contributed by atoms with Gasteiger partial charge in [0.25, 0.3) is 8.40 Å². The summed E-state index contributed by atoms with van der Waals surface area (Å²) in [5.74, 6) is 0. The highest BCUT2D eigenvalue weighted by atomic mass is 28.4. The molecule has 0 atom stereocenters. The second-order valence-electron chi connectivity index (χ2n) is 8.23. The molecule has 2 N–H and O–H groups in total. The number of rotatable bonds is 6. The van der Waals surface area contributed by atoms with Gasteiger partial charge in [-0.05, 0) is 10.4 Å². The normalized spacial score (nSPS) is 13.1. The number of hydrogen-bond acceptors (Lipinski definition) is 2. The van der Waals surface area contributed by atoms with Crippen LogP contribution >= 0.6 is 0 Å². The summed E-state index contributed by atoms with van der Waals surface area (Å²) in [5.41, 5.74) is 0. The van der Waals surface area contributed by atoms with Gasteiger partial charge in [-0.1, -0.05) is 99.9 Å². The summed E-state index contributed by atoms with van der Waals surface area (Å²) in [6.07, 6.45) is 0. The second kappa shape index (κ2) is 6.86. The molecule has 124 valence electrons. The van der Waals surface area contributed by atoms with E-state index in [9.17, 15) is 0 Å². The molecule has 0 aliphatic carbocycles. The van der Waals surface area contributed by atoms with Gasteiger partial charge >= 0.3 is 0 Å². The van der Waals surface area contributed by atoms with E-state index in [-0.39, 0.29) is 0 Å². The standard InChI is InChI=1S/C18H30N2Si3/c1-21(2,3)19-23(20-22(4,5)6,17-13-9-7-10-14-17)18-15-11-8-12-16-18/h7-16,19-20H,1-6H3. The van der Waals surface area contributed by atoms with E-state index in [1.54, 1.807) is 0 Å². The predicted octanol–water partition coefficient (Wildman–Crippen LogP) is 3.09. The Hall–Kier alpha value is -0.989. The van der Waals surface area contributed by atoms with Crippen molar-refractivity contribution in [2.24, 2.45) is 0 Å². The minimum absolute atomic E-state index is 1.43. The third-order valence-electron chi connectivity index (χ3n) is 3.54. The lowest BCUT2D eigenvalue weighted by Gasteiger charge is -2.43. The molecule has 23 heavy (non-hydrogen) atoms. The molecular weight excluding hydrogens is 328 g/mol. The van der Waals surface area contributed by atoms with Crippen molar-refractivity contribution >= 4 is 35.2 Å². The van der Waals surface area contributed by atoms with Gasteiger partial charge < -0.3 is 9.30 Å². The fraction of sp³-hybridized carbons (Fsp3) is 0.333. The van der Waals surface area contributed by atoms with E-state index >= 15 is 0 Å². The summed E-state index contributed by atoms with van der Waals surface area (Å²) in [4.78, 5) is 0. The molecular formula is C18H30N2Si3. The van der Waals surface area contributed by atoms with Crippen molar-refractivity contribution in [3.05, 3.63) is 60.7 Å². The van der Waals surface area contributed by atoms with Crippen molar-refractivity contribution in [2.45, 2.75) is 39.3 Å². The lowest BCUT2D eigenvalue weighted by atomic mass is 10.4. The Morgan fingerprint density at radius 2 is 0.826 bits per heavy atom. The summed E-state index contributed by atoms with van der Waals surface area (Å²) < 4.78 is 8.32. The summed E-state index contributed by atoms with van der Waals surface area (Å²) in [6.45, 7) is 14.4. The minimum atomic E-state index is -2.20. The zero-order chi connectivity index (χ0) is 17.1. The van der Waals surface area contributed by atoms with Crippen LogP contribution in [0.3, 0.4) is 0 Å². The van der Waals surface area contributed by atoms with Crippen molar-refractivity contribution in [1.29, 1.82) is 0 Å². The van der Waals surface area contributed by atoms with Crippen LogP contribution in [-0.4, -0.2) is 24.9 Å². The Labute approximate surface area is 144 Å². The fourth-order valence-corrected chi connectivity index (χ4v) is 16.8. The Kier molecular flexibility index (Phi) is 5.48. The number of hydrogen-bond donors (Lipinski definition) is 2. The Morgan fingerprint density at radius 1 is 0.522 bits per heavy atom. The quantitative estimate of drug-likeness (QED) is 0.775. The van der Waals surface area contributed by atoms with Gasteiger partial charge in [0.2, 0.25) is 0 Å². The van der Waals surface area contributed by atoms with Gasteiger partial charge in [0, 0.05) is 0 Å². The molecule has 0 bridgehead atoms. The lowest BCUT2D eigenvalue weighted by Crippen LogP contribution is -2.85. The van der Waals surface area contributed by atoms with Crippen LogP contribution < -0.4 is 19.7 Å². The first-order valence-corrected chi connectivity index (χ1v) is 17.3. The minimum Gasteiger partial charge on any atom is -0.341 e. The highest BCUT2D eigenvalue weighted by molar-refractivity contribution is 7.10. The smallest absolute Gasteiger partial charge is 0.254 e. The van der Waals surface area contributed by atoms with Crippen LogP contribution in [0.1, 0.15) is 0 Å². The molecule has 0 saturated heterocycles. The first-order chi connectivity index (χ1) is 10.6. The summed E-state index contributed by atoms with van der Waals surface area (Å²) in [6, 6.07) is 22.0. The molecule has 0 aromatic heterocycles. The van der Waals surface area contributed by atoms with Gasteiger partial charge in [-0.15, -0.1) is 0 Å². The van der Waals surface area contributed by atoms with E-state index in [4.69, 9.17) is 0 Å². The molecule has 2 aromatic rings. The Bertz CT molecular complexity index is 559. The molecule has 0 aliphatic rings. The van der Waals surface area contributed by atoms with Gasteiger partial charge in [0.15, 0.2) is 0 Å². The first kappa shape index (κ1) is 18.4. The van der Waals surface area contributed by atoms with E-state index in [2.05, 4.69) is 109 Å². The topological polar surface area (TPSA) is 24.1 Å². The maximum Gasteiger partial charge on any atom is 0.254 e. The highest BCUT2D eigenvalue weighted by Crippen LogP contribution is 2.09. The van der Waals surface area contributed by atoms with Crippen LogP contribution in [0.25, 0.3) is 0 Å².